The van der Waals surface area contributed by atoms with E-state index in [2.05, 4.69) is 20.1 Å². The Balaban J connectivity index is 1.45. The molecule has 1 aliphatic heterocycles. The van der Waals surface area contributed by atoms with Gasteiger partial charge in [0.15, 0.2) is 5.82 Å². The third-order valence-corrected chi connectivity index (χ3v) is 5.81. The zero-order chi connectivity index (χ0) is 19.7. The maximum Gasteiger partial charge on any atom is 0.276 e. The van der Waals surface area contributed by atoms with Crippen molar-refractivity contribution in [1.82, 2.24) is 30.0 Å². The summed E-state index contributed by atoms with van der Waals surface area (Å²) >= 11 is 0. The van der Waals surface area contributed by atoms with Gasteiger partial charge in [-0.2, -0.15) is 4.98 Å². The van der Waals surface area contributed by atoms with Crippen molar-refractivity contribution in [2.24, 2.45) is 5.92 Å². The molecule has 8 nitrogen and oxygen atoms in total. The number of pyridine rings is 1. The van der Waals surface area contributed by atoms with E-state index in [1.54, 1.807) is 18.6 Å². The fourth-order valence-corrected chi connectivity index (χ4v) is 4.22. The highest BCUT2D eigenvalue weighted by Crippen LogP contribution is 2.46. The SMILES string of the molecule is O=C(c1cnccn1)N1CCCC(CC2CC2)(c2noc(-c3ccccn3)n2)C1. The second kappa shape index (κ2) is 7.35. The van der Waals surface area contributed by atoms with E-state index in [0.29, 0.717) is 42.1 Å². The summed E-state index contributed by atoms with van der Waals surface area (Å²) in [7, 11) is 0. The molecule has 1 saturated carbocycles. The molecule has 1 saturated heterocycles. The molecule has 1 amide bonds. The number of carbonyl (C=O) groups excluding carboxylic acids is 1. The van der Waals surface area contributed by atoms with Crippen molar-refractivity contribution in [2.45, 2.75) is 37.5 Å². The minimum atomic E-state index is -0.298. The highest BCUT2D eigenvalue weighted by atomic mass is 16.5. The number of carbonyl (C=O) groups is 1. The molecule has 1 atom stereocenters. The second-order valence-electron chi connectivity index (χ2n) is 7.99. The molecule has 2 aliphatic rings. The zero-order valence-corrected chi connectivity index (χ0v) is 16.1. The van der Waals surface area contributed by atoms with Crippen LogP contribution in [-0.4, -0.2) is 49.0 Å². The topological polar surface area (TPSA) is 97.9 Å². The minimum Gasteiger partial charge on any atom is -0.336 e. The zero-order valence-electron chi connectivity index (χ0n) is 16.1. The van der Waals surface area contributed by atoms with Crippen LogP contribution in [0.25, 0.3) is 11.6 Å². The van der Waals surface area contributed by atoms with Crippen LogP contribution in [0.15, 0.2) is 47.5 Å². The van der Waals surface area contributed by atoms with E-state index < -0.39 is 0 Å². The molecule has 0 aromatic carbocycles. The van der Waals surface area contributed by atoms with E-state index in [4.69, 9.17) is 9.51 Å². The Morgan fingerprint density at radius 1 is 1.21 bits per heavy atom. The standard InChI is InChI=1S/C21H22N6O2/c28-19(17-13-22-9-10-24-17)27-11-3-7-21(14-27,12-15-5-6-15)20-25-18(29-26-20)16-4-1-2-8-23-16/h1-2,4,8-10,13,15H,3,5-7,11-12,14H2. The molecule has 29 heavy (non-hydrogen) atoms. The predicted molar refractivity (Wildman–Crippen MR) is 104 cm³/mol. The first kappa shape index (κ1) is 17.9. The molecule has 0 spiro atoms. The Hall–Kier alpha value is -3.16. The lowest BCUT2D eigenvalue weighted by Gasteiger charge is -2.41. The van der Waals surface area contributed by atoms with Crippen molar-refractivity contribution < 1.29 is 9.32 Å². The van der Waals surface area contributed by atoms with E-state index in [1.807, 2.05) is 23.1 Å². The second-order valence-corrected chi connectivity index (χ2v) is 7.99. The fraction of sp³-hybridized carbons (Fsp3) is 0.429. The number of amides is 1. The molecule has 0 N–H and O–H groups in total. The Morgan fingerprint density at radius 2 is 2.14 bits per heavy atom. The first-order valence-electron chi connectivity index (χ1n) is 10.0. The van der Waals surface area contributed by atoms with Crippen LogP contribution >= 0.6 is 0 Å². The number of piperidine rings is 1. The average molecular weight is 390 g/mol. The van der Waals surface area contributed by atoms with Crippen molar-refractivity contribution in [3.05, 3.63) is 54.5 Å². The molecule has 8 heteroatoms. The maximum absolute atomic E-state index is 13.0. The van der Waals surface area contributed by atoms with Gasteiger partial charge in [-0.3, -0.25) is 14.8 Å². The minimum absolute atomic E-state index is 0.0913. The first-order valence-corrected chi connectivity index (χ1v) is 10.0. The molecule has 1 unspecified atom stereocenters. The van der Waals surface area contributed by atoms with Gasteiger partial charge < -0.3 is 9.42 Å². The largest absolute Gasteiger partial charge is 0.336 e. The van der Waals surface area contributed by atoms with E-state index in [0.717, 1.165) is 19.3 Å². The highest BCUT2D eigenvalue weighted by molar-refractivity contribution is 5.92. The van der Waals surface area contributed by atoms with Gasteiger partial charge in [0.2, 0.25) is 0 Å². The van der Waals surface area contributed by atoms with Crippen LogP contribution < -0.4 is 0 Å². The maximum atomic E-state index is 13.0. The predicted octanol–water partition coefficient (Wildman–Crippen LogP) is 2.90. The van der Waals surface area contributed by atoms with Crippen molar-refractivity contribution >= 4 is 5.91 Å². The van der Waals surface area contributed by atoms with Gasteiger partial charge in [-0.1, -0.05) is 24.1 Å². The molecule has 5 rings (SSSR count). The van der Waals surface area contributed by atoms with Gasteiger partial charge in [0, 0.05) is 31.7 Å². The van der Waals surface area contributed by atoms with E-state index >= 15 is 0 Å². The van der Waals surface area contributed by atoms with Crippen LogP contribution in [0, 0.1) is 5.92 Å². The van der Waals surface area contributed by atoms with E-state index in [1.165, 1.54) is 19.0 Å². The number of hydrogen-bond donors (Lipinski definition) is 0. The Kier molecular flexibility index (Phi) is 4.54. The van der Waals surface area contributed by atoms with Crippen molar-refractivity contribution in [3.63, 3.8) is 0 Å². The van der Waals surface area contributed by atoms with Crippen LogP contribution in [0.4, 0.5) is 0 Å². The van der Waals surface area contributed by atoms with Crippen molar-refractivity contribution in [3.8, 4) is 11.6 Å². The fourth-order valence-electron chi connectivity index (χ4n) is 4.22. The van der Waals surface area contributed by atoms with Crippen LogP contribution in [0.1, 0.15) is 48.4 Å². The average Bonchev–Trinajstić information content (AvgIpc) is 3.44. The Morgan fingerprint density at radius 3 is 2.90 bits per heavy atom. The summed E-state index contributed by atoms with van der Waals surface area (Å²) in [5.74, 6) is 1.68. The normalized spacial score (nSPS) is 21.9. The van der Waals surface area contributed by atoms with Gasteiger partial charge in [0.1, 0.15) is 11.4 Å². The number of aromatic nitrogens is 5. The third-order valence-electron chi connectivity index (χ3n) is 5.81. The molecule has 3 aromatic rings. The van der Waals surface area contributed by atoms with Gasteiger partial charge in [0.25, 0.3) is 11.8 Å². The molecule has 0 radical (unpaired) electrons. The van der Waals surface area contributed by atoms with Gasteiger partial charge in [-0.05, 0) is 37.3 Å². The highest BCUT2D eigenvalue weighted by Gasteiger charge is 2.46. The summed E-state index contributed by atoms with van der Waals surface area (Å²) in [6.45, 7) is 1.27. The third kappa shape index (κ3) is 3.62. The summed E-state index contributed by atoms with van der Waals surface area (Å²) in [5, 5.41) is 4.34. The Bertz CT molecular complexity index is 989. The van der Waals surface area contributed by atoms with E-state index in [-0.39, 0.29) is 11.3 Å². The van der Waals surface area contributed by atoms with Crippen molar-refractivity contribution in [2.75, 3.05) is 13.1 Å². The number of likely N-dealkylation sites (tertiary alicyclic amines) is 1. The lowest BCUT2D eigenvalue weighted by atomic mass is 9.74. The lowest BCUT2D eigenvalue weighted by molar-refractivity contribution is 0.0601. The molecular formula is C21H22N6O2. The molecule has 4 heterocycles. The summed E-state index contributed by atoms with van der Waals surface area (Å²) < 4.78 is 5.56. The quantitative estimate of drug-likeness (QED) is 0.660. The molecule has 1 aliphatic carbocycles. The van der Waals surface area contributed by atoms with Crippen LogP contribution in [0.5, 0.6) is 0 Å². The summed E-state index contributed by atoms with van der Waals surface area (Å²) in [6, 6.07) is 5.61. The van der Waals surface area contributed by atoms with Crippen LogP contribution in [0.2, 0.25) is 0 Å². The number of rotatable bonds is 5. The van der Waals surface area contributed by atoms with Crippen molar-refractivity contribution in [1.29, 1.82) is 0 Å². The molecule has 2 fully saturated rings. The molecule has 0 bridgehead atoms. The number of hydrogen-bond acceptors (Lipinski definition) is 7. The van der Waals surface area contributed by atoms with Gasteiger partial charge in [0.05, 0.1) is 11.6 Å². The lowest BCUT2D eigenvalue weighted by Crippen LogP contribution is -2.49. The molecular weight excluding hydrogens is 368 g/mol. The van der Waals surface area contributed by atoms with Crippen LogP contribution in [0.3, 0.4) is 0 Å². The Labute approximate surface area is 168 Å². The summed E-state index contributed by atoms with van der Waals surface area (Å²) in [4.78, 5) is 32.1. The van der Waals surface area contributed by atoms with Gasteiger partial charge in [-0.25, -0.2) is 4.98 Å². The van der Waals surface area contributed by atoms with Gasteiger partial charge in [-0.15, -0.1) is 0 Å². The van der Waals surface area contributed by atoms with E-state index in [9.17, 15) is 4.79 Å². The van der Waals surface area contributed by atoms with Crippen LogP contribution in [-0.2, 0) is 5.41 Å². The summed E-state index contributed by atoms with van der Waals surface area (Å²) in [6.07, 6.45) is 11.6. The molecule has 3 aromatic heterocycles. The summed E-state index contributed by atoms with van der Waals surface area (Å²) in [5.41, 5.74) is 0.738. The monoisotopic (exact) mass is 390 g/mol. The molecule has 148 valence electrons. The first-order chi connectivity index (χ1) is 14.2. The smallest absolute Gasteiger partial charge is 0.276 e. The van der Waals surface area contributed by atoms with Gasteiger partial charge >= 0.3 is 0 Å². The number of nitrogens with zero attached hydrogens (tertiary/aromatic N) is 6.